The van der Waals surface area contributed by atoms with Crippen molar-refractivity contribution < 1.29 is 18.8 Å². The summed E-state index contributed by atoms with van der Waals surface area (Å²) in [7, 11) is 0. The molecule has 0 unspecified atom stereocenters. The molecule has 1 saturated heterocycles. The molecule has 0 radical (unpaired) electrons. The van der Waals surface area contributed by atoms with Gasteiger partial charge in [-0.15, -0.1) is 0 Å². The van der Waals surface area contributed by atoms with Gasteiger partial charge in [0.05, 0.1) is 5.69 Å². The summed E-state index contributed by atoms with van der Waals surface area (Å²) in [6, 6.07) is 13.1. The molecule has 1 aliphatic heterocycles. The predicted octanol–water partition coefficient (Wildman–Crippen LogP) is 4.38. The number of urea groups is 1. The molecule has 2 heterocycles. The molecule has 0 aliphatic carbocycles. The van der Waals surface area contributed by atoms with E-state index in [1.165, 1.54) is 23.8 Å². The van der Waals surface area contributed by atoms with Crippen LogP contribution in [-0.2, 0) is 9.59 Å². The average molecular weight is 461 g/mol. The second kappa shape index (κ2) is 8.97. The number of para-hydroxylation sites is 1. The molecule has 1 fully saturated rings. The summed E-state index contributed by atoms with van der Waals surface area (Å²) < 4.78 is 15.9. The summed E-state index contributed by atoms with van der Waals surface area (Å²) in [4.78, 5) is 38.4. The number of aromatic nitrogens is 1. The van der Waals surface area contributed by atoms with Crippen molar-refractivity contribution in [2.24, 2.45) is 0 Å². The van der Waals surface area contributed by atoms with E-state index < -0.39 is 30.2 Å². The van der Waals surface area contributed by atoms with Gasteiger partial charge in [-0.2, -0.15) is 0 Å². The first-order chi connectivity index (χ1) is 16.2. The van der Waals surface area contributed by atoms with Crippen LogP contribution in [0.2, 0.25) is 0 Å². The molecule has 2 N–H and O–H groups in total. The van der Waals surface area contributed by atoms with Crippen LogP contribution in [0.5, 0.6) is 0 Å². The van der Waals surface area contributed by atoms with E-state index in [4.69, 9.17) is 0 Å². The number of rotatable bonds is 5. The molecular weight excluding hydrogens is 435 g/mol. The normalized spacial score (nSPS) is 14.6. The third-order valence-electron chi connectivity index (χ3n) is 5.78. The van der Waals surface area contributed by atoms with Gasteiger partial charge in [0.15, 0.2) is 0 Å². The fraction of sp³-hybridized carbons (Fsp3) is 0.192. The summed E-state index contributed by atoms with van der Waals surface area (Å²) in [5.74, 6) is -1.90. The lowest BCUT2D eigenvalue weighted by Crippen LogP contribution is -2.38. The van der Waals surface area contributed by atoms with Gasteiger partial charge in [-0.25, -0.2) is 14.1 Å². The van der Waals surface area contributed by atoms with Gasteiger partial charge in [-0.3, -0.25) is 9.59 Å². The Bertz CT molecular complexity index is 1360. The molecule has 3 aromatic rings. The zero-order valence-corrected chi connectivity index (χ0v) is 19.4. The van der Waals surface area contributed by atoms with E-state index >= 15 is 0 Å². The second-order valence-corrected chi connectivity index (χ2v) is 8.36. The maximum absolute atomic E-state index is 13.8. The van der Waals surface area contributed by atoms with Gasteiger partial charge < -0.3 is 15.2 Å². The molecule has 1 aromatic heterocycles. The largest absolute Gasteiger partial charge is 0.329 e. The van der Waals surface area contributed by atoms with E-state index in [0.717, 1.165) is 33.1 Å². The summed E-state index contributed by atoms with van der Waals surface area (Å²) in [6.07, 6.45) is 1.61. The van der Waals surface area contributed by atoms with Crippen molar-refractivity contribution in [1.29, 1.82) is 0 Å². The number of hydrogen-bond acceptors (Lipinski definition) is 3. The van der Waals surface area contributed by atoms with E-state index in [1.807, 2.05) is 39.8 Å². The van der Waals surface area contributed by atoms with Crippen molar-refractivity contribution in [3.05, 3.63) is 88.1 Å². The molecule has 0 atom stereocenters. The highest BCUT2D eigenvalue weighted by molar-refractivity contribution is 6.16. The Morgan fingerprint density at radius 2 is 1.79 bits per heavy atom. The number of nitrogens with zero attached hydrogens (tertiary/aromatic N) is 2. The van der Waals surface area contributed by atoms with Crippen molar-refractivity contribution in [1.82, 2.24) is 14.8 Å². The quantitative estimate of drug-likeness (QED) is 0.438. The zero-order valence-electron chi connectivity index (χ0n) is 19.4. The SMILES string of the molecule is Cc1ccc(-n2c(C)cc(/C=C3/NC(=O)N(CC(=O)Nc4ccccc4F)C3=O)c2C)c(C)c1. The van der Waals surface area contributed by atoms with Crippen LogP contribution >= 0.6 is 0 Å². The van der Waals surface area contributed by atoms with Gasteiger partial charge in [0.25, 0.3) is 5.91 Å². The number of benzene rings is 2. The molecule has 0 saturated carbocycles. The van der Waals surface area contributed by atoms with Crippen molar-refractivity contribution in [3.63, 3.8) is 0 Å². The van der Waals surface area contributed by atoms with Crippen molar-refractivity contribution in [3.8, 4) is 5.69 Å². The Hall–Kier alpha value is -4.20. The monoisotopic (exact) mass is 460 g/mol. The molecule has 0 spiro atoms. The lowest BCUT2D eigenvalue weighted by atomic mass is 10.1. The fourth-order valence-corrected chi connectivity index (χ4v) is 4.13. The Morgan fingerprint density at radius 1 is 1.06 bits per heavy atom. The Morgan fingerprint density at radius 3 is 2.50 bits per heavy atom. The third-order valence-corrected chi connectivity index (χ3v) is 5.78. The first kappa shape index (κ1) is 23.0. The van der Waals surface area contributed by atoms with Gasteiger partial charge >= 0.3 is 6.03 Å². The van der Waals surface area contributed by atoms with Gasteiger partial charge in [-0.05, 0) is 69.2 Å². The van der Waals surface area contributed by atoms with Crippen molar-refractivity contribution in [2.45, 2.75) is 27.7 Å². The maximum Gasteiger partial charge on any atom is 0.329 e. The number of halogens is 1. The van der Waals surface area contributed by atoms with Gasteiger partial charge in [-0.1, -0.05) is 29.8 Å². The van der Waals surface area contributed by atoms with E-state index in [0.29, 0.717) is 0 Å². The van der Waals surface area contributed by atoms with E-state index in [-0.39, 0.29) is 11.4 Å². The highest BCUT2D eigenvalue weighted by Gasteiger charge is 2.35. The number of imide groups is 1. The number of anilines is 1. The number of amides is 4. The molecule has 1 aliphatic rings. The lowest BCUT2D eigenvalue weighted by Gasteiger charge is -2.13. The zero-order chi connectivity index (χ0) is 24.6. The number of aryl methyl sites for hydroxylation is 3. The molecule has 34 heavy (non-hydrogen) atoms. The standard InChI is InChI=1S/C26H25FN4O3/c1-15-9-10-23(16(2)11-15)31-17(3)12-19(18(31)4)13-22-25(33)30(26(34)29-22)14-24(32)28-21-8-6-5-7-20(21)27/h5-13H,14H2,1-4H3,(H,28,32)(H,29,34)/b22-13+. The molecule has 4 amide bonds. The molecular formula is C26H25FN4O3. The minimum atomic E-state index is -0.705. The number of carbonyl (C=O) groups is 3. The van der Waals surface area contributed by atoms with E-state index in [1.54, 1.807) is 12.1 Å². The van der Waals surface area contributed by atoms with Gasteiger partial charge in [0, 0.05) is 17.1 Å². The summed E-state index contributed by atoms with van der Waals surface area (Å²) in [5.41, 5.74) is 6.06. The van der Waals surface area contributed by atoms with Gasteiger partial charge in [0.2, 0.25) is 5.91 Å². The summed E-state index contributed by atoms with van der Waals surface area (Å²) in [6.45, 7) is 7.48. The Labute approximate surface area is 196 Å². The van der Waals surface area contributed by atoms with Crippen LogP contribution in [0.3, 0.4) is 0 Å². The smallest absolute Gasteiger partial charge is 0.322 e. The minimum Gasteiger partial charge on any atom is -0.322 e. The van der Waals surface area contributed by atoms with E-state index in [2.05, 4.69) is 27.3 Å². The highest BCUT2D eigenvalue weighted by atomic mass is 19.1. The fourth-order valence-electron chi connectivity index (χ4n) is 4.13. The third kappa shape index (κ3) is 4.34. The van der Waals surface area contributed by atoms with Crippen LogP contribution in [0.4, 0.5) is 14.9 Å². The molecule has 4 rings (SSSR count). The van der Waals surface area contributed by atoms with Crippen LogP contribution in [0.25, 0.3) is 11.8 Å². The maximum atomic E-state index is 13.8. The molecule has 7 nitrogen and oxygen atoms in total. The first-order valence-corrected chi connectivity index (χ1v) is 10.8. The van der Waals surface area contributed by atoms with Crippen molar-refractivity contribution >= 4 is 29.6 Å². The Kier molecular flexibility index (Phi) is 6.06. The molecule has 174 valence electrons. The highest BCUT2D eigenvalue weighted by Crippen LogP contribution is 2.26. The van der Waals surface area contributed by atoms with Crippen LogP contribution in [0.15, 0.2) is 54.2 Å². The first-order valence-electron chi connectivity index (χ1n) is 10.8. The number of nitrogens with one attached hydrogen (secondary N) is 2. The van der Waals surface area contributed by atoms with E-state index in [9.17, 15) is 18.8 Å². The van der Waals surface area contributed by atoms with Crippen LogP contribution in [-0.4, -0.2) is 33.9 Å². The second-order valence-electron chi connectivity index (χ2n) is 8.36. The van der Waals surface area contributed by atoms with Gasteiger partial charge in [0.1, 0.15) is 18.1 Å². The van der Waals surface area contributed by atoms with Crippen LogP contribution < -0.4 is 10.6 Å². The average Bonchev–Trinajstić information content (AvgIpc) is 3.19. The number of carbonyl (C=O) groups excluding carboxylic acids is 3. The molecule has 8 heteroatoms. The van der Waals surface area contributed by atoms with Crippen LogP contribution in [0.1, 0.15) is 28.1 Å². The predicted molar refractivity (Wildman–Crippen MR) is 128 cm³/mol. The number of hydrogen-bond donors (Lipinski definition) is 2. The summed E-state index contributed by atoms with van der Waals surface area (Å²) >= 11 is 0. The molecule has 2 aromatic carbocycles. The summed E-state index contributed by atoms with van der Waals surface area (Å²) in [5, 5.41) is 4.91. The minimum absolute atomic E-state index is 0.0193. The van der Waals surface area contributed by atoms with Crippen molar-refractivity contribution in [2.75, 3.05) is 11.9 Å². The lowest BCUT2D eigenvalue weighted by molar-refractivity contribution is -0.127. The molecule has 0 bridgehead atoms. The topological polar surface area (TPSA) is 83.4 Å². The van der Waals surface area contributed by atoms with Crippen LogP contribution in [0, 0.1) is 33.5 Å². The Balaban J connectivity index is 1.56.